The summed E-state index contributed by atoms with van der Waals surface area (Å²) in [5.74, 6) is -1.20. The Bertz CT molecular complexity index is 1080. The van der Waals surface area contributed by atoms with Crippen LogP contribution in [0.4, 0.5) is 0 Å². The lowest BCUT2D eigenvalue weighted by atomic mass is 9.88. The molecule has 0 aromatic rings. The zero-order valence-corrected chi connectivity index (χ0v) is 36.9. The molecule has 1 saturated carbocycles. The molecule has 56 heavy (non-hydrogen) atoms. The number of rotatable bonds is 36. The molecule has 0 spiro atoms. The van der Waals surface area contributed by atoms with Crippen molar-refractivity contribution in [2.24, 2.45) is 11.8 Å². The Hall–Kier alpha value is -1.37. The lowest BCUT2D eigenvalue weighted by molar-refractivity contribution is -0.870. The van der Waals surface area contributed by atoms with Crippen LogP contribution in [0.5, 0.6) is 0 Å². The third-order valence-electron chi connectivity index (χ3n) is 10.6. The lowest BCUT2D eigenvalue weighted by Crippen LogP contribution is -2.37. The Kier molecular flexibility index (Phi) is 29.7. The maximum Gasteiger partial charge on any atom is 0.472 e. The van der Waals surface area contributed by atoms with Crippen LogP contribution in [0.1, 0.15) is 168 Å². The van der Waals surface area contributed by atoms with Crippen LogP contribution in [0.15, 0.2) is 12.2 Å². The summed E-state index contributed by atoms with van der Waals surface area (Å²) in [6, 6.07) is 0. The summed E-state index contributed by atoms with van der Waals surface area (Å²) in [6.45, 7) is 4.08. The van der Waals surface area contributed by atoms with Gasteiger partial charge in [-0.1, -0.05) is 135 Å². The van der Waals surface area contributed by atoms with E-state index in [9.17, 15) is 34.4 Å². The number of quaternary nitrogens is 1. The van der Waals surface area contributed by atoms with E-state index in [1.807, 2.05) is 27.2 Å². The lowest BCUT2D eigenvalue weighted by Gasteiger charge is -2.24. The fraction of sp³-hybridized carbons (Fsp3) is 0.907. The summed E-state index contributed by atoms with van der Waals surface area (Å²) in [7, 11) is 1.37. The van der Waals surface area contributed by atoms with Crippen molar-refractivity contribution < 1.29 is 57.4 Å². The van der Waals surface area contributed by atoms with E-state index in [1.54, 1.807) is 6.08 Å². The Balaban J connectivity index is 2.47. The molecule has 0 amide bonds. The first-order chi connectivity index (χ1) is 26.7. The average Bonchev–Trinajstić information content (AvgIpc) is 3.40. The highest BCUT2D eigenvalue weighted by Gasteiger charge is 2.39. The van der Waals surface area contributed by atoms with Gasteiger partial charge in [0.05, 0.1) is 46.1 Å². The number of phosphoric acid groups is 1. The van der Waals surface area contributed by atoms with Crippen molar-refractivity contribution in [1.29, 1.82) is 0 Å². The molecule has 0 radical (unpaired) electrons. The van der Waals surface area contributed by atoms with Crippen LogP contribution in [-0.2, 0) is 32.7 Å². The molecule has 0 bridgehead atoms. The van der Waals surface area contributed by atoms with Crippen molar-refractivity contribution in [3.8, 4) is 0 Å². The van der Waals surface area contributed by atoms with Gasteiger partial charge >= 0.3 is 19.8 Å². The SMILES string of the molecule is CCCCCCCCCCCCCCC(=O)O[C@H](COC(=O)CCCCCC[C@@H]1[C@@H](/C=C/[C@@H](O)CCCCC)[C@H](O)C[C@@H]1O)COP(=O)(O)OCC[N+](C)(C)C. The first-order valence-corrected chi connectivity index (χ1v) is 23.7. The Morgan fingerprint density at radius 2 is 1.27 bits per heavy atom. The molecule has 0 aromatic carbocycles. The van der Waals surface area contributed by atoms with Gasteiger partial charge in [0.25, 0.3) is 0 Å². The molecule has 1 rings (SSSR count). The summed E-state index contributed by atoms with van der Waals surface area (Å²) >= 11 is 0. The maximum absolute atomic E-state index is 12.7. The number of aliphatic hydroxyl groups is 3. The van der Waals surface area contributed by atoms with Crippen molar-refractivity contribution in [1.82, 2.24) is 0 Å². The second-order valence-corrected chi connectivity index (χ2v) is 18.5. The molecule has 0 aromatic heterocycles. The smallest absolute Gasteiger partial charge is 0.462 e. The van der Waals surface area contributed by atoms with Gasteiger partial charge < -0.3 is 34.2 Å². The molecule has 4 N–H and O–H groups in total. The molecule has 7 atom stereocenters. The van der Waals surface area contributed by atoms with Crippen LogP contribution < -0.4 is 0 Å². The van der Waals surface area contributed by atoms with E-state index in [1.165, 1.54) is 51.4 Å². The van der Waals surface area contributed by atoms with Gasteiger partial charge in [-0.2, -0.15) is 0 Å². The molecule has 12 nitrogen and oxygen atoms in total. The molecule has 0 heterocycles. The standard InChI is InChI=1S/C43H82NO11P/c1-6-8-10-11-12-13-14-15-16-17-18-24-28-43(49)55-37(35-54-56(50,51)53-32-31-44(3,4)5)34-52-42(48)27-23-20-19-22-26-38-39(41(47)33-40(38)46)30-29-36(45)25-21-9-7-2/h29-30,36-41,45-47H,6-28,31-35H2,1-5H3/p+1/b30-29+/t36-,37+,38+,39+,40-,41+/m0/s1. The summed E-state index contributed by atoms with van der Waals surface area (Å²) in [6.07, 6.45) is 23.2. The number of hydrogen-bond acceptors (Lipinski definition) is 10. The van der Waals surface area contributed by atoms with Crippen molar-refractivity contribution in [2.75, 3.05) is 47.5 Å². The van der Waals surface area contributed by atoms with Crippen LogP contribution in [0.3, 0.4) is 0 Å². The van der Waals surface area contributed by atoms with Crippen LogP contribution in [-0.4, -0.2) is 109 Å². The van der Waals surface area contributed by atoms with E-state index < -0.39 is 50.8 Å². The highest BCUT2D eigenvalue weighted by atomic mass is 31.2. The van der Waals surface area contributed by atoms with Crippen molar-refractivity contribution in [2.45, 2.75) is 192 Å². The van der Waals surface area contributed by atoms with Crippen LogP contribution >= 0.6 is 7.82 Å². The van der Waals surface area contributed by atoms with Gasteiger partial charge in [0.15, 0.2) is 6.10 Å². The first kappa shape index (κ1) is 52.6. The molecule has 0 saturated heterocycles. The average molecular weight is 821 g/mol. The van der Waals surface area contributed by atoms with Crippen molar-refractivity contribution in [3.63, 3.8) is 0 Å². The summed E-state index contributed by atoms with van der Waals surface area (Å²) < 4.78 is 34.3. The van der Waals surface area contributed by atoms with E-state index in [0.29, 0.717) is 36.7 Å². The molecule has 330 valence electrons. The highest BCUT2D eigenvalue weighted by Crippen LogP contribution is 2.43. The molecule has 13 heteroatoms. The molecule has 1 unspecified atom stereocenters. The van der Waals surface area contributed by atoms with Crippen LogP contribution in [0.25, 0.3) is 0 Å². The number of esters is 2. The van der Waals surface area contributed by atoms with Gasteiger partial charge in [-0.3, -0.25) is 18.6 Å². The van der Waals surface area contributed by atoms with Crippen molar-refractivity contribution in [3.05, 3.63) is 12.2 Å². The minimum Gasteiger partial charge on any atom is -0.462 e. The number of phosphoric ester groups is 1. The first-order valence-electron chi connectivity index (χ1n) is 22.2. The van der Waals surface area contributed by atoms with Gasteiger partial charge in [-0.25, -0.2) is 4.57 Å². The Morgan fingerprint density at radius 1 is 0.732 bits per heavy atom. The Morgan fingerprint density at radius 3 is 1.86 bits per heavy atom. The van der Waals surface area contributed by atoms with E-state index >= 15 is 0 Å². The molecule has 1 aliphatic carbocycles. The van der Waals surface area contributed by atoms with E-state index in [-0.39, 0.29) is 37.9 Å². The zero-order chi connectivity index (χ0) is 41.7. The second kappa shape index (κ2) is 31.5. The summed E-state index contributed by atoms with van der Waals surface area (Å²) in [4.78, 5) is 35.5. The molecular weight excluding hydrogens is 737 g/mol. The number of hydrogen-bond donors (Lipinski definition) is 4. The molecule has 1 aliphatic rings. The number of nitrogens with zero attached hydrogens (tertiary/aromatic N) is 1. The predicted molar refractivity (Wildman–Crippen MR) is 222 cm³/mol. The third-order valence-corrected chi connectivity index (χ3v) is 11.6. The third kappa shape index (κ3) is 28.1. The zero-order valence-electron chi connectivity index (χ0n) is 36.0. The second-order valence-electron chi connectivity index (χ2n) is 17.1. The predicted octanol–water partition coefficient (Wildman–Crippen LogP) is 8.57. The topological polar surface area (TPSA) is 169 Å². The number of likely N-dealkylation sites (N-methyl/N-ethyl adjacent to an activating group) is 1. The minimum absolute atomic E-state index is 0.000173. The van der Waals surface area contributed by atoms with E-state index in [0.717, 1.165) is 64.2 Å². The number of carbonyl (C=O) groups excluding carboxylic acids is 2. The fourth-order valence-corrected chi connectivity index (χ4v) is 7.85. The fourth-order valence-electron chi connectivity index (χ4n) is 7.11. The largest absolute Gasteiger partial charge is 0.472 e. The van der Waals surface area contributed by atoms with Gasteiger partial charge in [-0.05, 0) is 31.6 Å². The quantitative estimate of drug-likeness (QED) is 0.0157. The Labute approximate surface area is 340 Å². The molecular formula is C43H83NO11P+. The normalized spacial score (nSPS) is 20.9. The minimum atomic E-state index is -4.42. The van der Waals surface area contributed by atoms with E-state index in [4.69, 9.17) is 18.5 Å². The molecule has 0 aliphatic heterocycles. The number of ether oxygens (including phenoxy) is 2. The number of unbranched alkanes of at least 4 members (excludes halogenated alkanes) is 16. The number of carbonyl (C=O) groups is 2. The monoisotopic (exact) mass is 821 g/mol. The van der Waals surface area contributed by atoms with Crippen LogP contribution in [0.2, 0.25) is 0 Å². The van der Waals surface area contributed by atoms with Gasteiger partial charge in [0.2, 0.25) is 0 Å². The summed E-state index contributed by atoms with van der Waals surface area (Å²) in [5, 5.41) is 31.4. The highest BCUT2D eigenvalue weighted by molar-refractivity contribution is 7.47. The molecule has 1 fully saturated rings. The number of aliphatic hydroxyl groups excluding tert-OH is 3. The summed E-state index contributed by atoms with van der Waals surface area (Å²) in [5.41, 5.74) is 0. The van der Waals surface area contributed by atoms with Crippen LogP contribution in [0, 0.1) is 11.8 Å². The van der Waals surface area contributed by atoms with E-state index in [2.05, 4.69) is 13.8 Å². The van der Waals surface area contributed by atoms with Gasteiger partial charge in [-0.15, -0.1) is 0 Å². The van der Waals surface area contributed by atoms with Gasteiger partial charge in [0, 0.05) is 25.2 Å². The maximum atomic E-state index is 12.7. The van der Waals surface area contributed by atoms with Gasteiger partial charge in [0.1, 0.15) is 19.8 Å². The van der Waals surface area contributed by atoms with Crippen molar-refractivity contribution >= 4 is 19.8 Å².